The molecular formula is C12H8F2N2O2. The van der Waals surface area contributed by atoms with Crippen LogP contribution < -0.4 is 9.47 Å². The summed E-state index contributed by atoms with van der Waals surface area (Å²) in [6.07, 6.45) is 1.31. The summed E-state index contributed by atoms with van der Waals surface area (Å²) in [6, 6.07) is 7.50. The first-order valence-corrected chi connectivity index (χ1v) is 4.75. The summed E-state index contributed by atoms with van der Waals surface area (Å²) in [5.41, 5.74) is 0.381. The number of alkyl halides is 2. The second-order valence-corrected chi connectivity index (χ2v) is 3.07. The summed E-state index contributed by atoms with van der Waals surface area (Å²) in [6.45, 7) is -2.95. The van der Waals surface area contributed by atoms with E-state index in [4.69, 9.17) is 15.3 Å². The number of ether oxygens (including phenoxy) is 2. The Kier molecular flexibility index (Phi) is 4.65. The average molecular weight is 250 g/mol. The van der Waals surface area contributed by atoms with Crippen molar-refractivity contribution in [1.82, 2.24) is 0 Å². The first-order valence-electron chi connectivity index (χ1n) is 4.75. The van der Waals surface area contributed by atoms with Crippen LogP contribution in [0.1, 0.15) is 5.56 Å². The normalized spacial score (nSPS) is 9.22. The largest absolute Gasteiger partial charge is 0.493 e. The molecule has 0 heterocycles. The number of rotatable bonds is 4. The van der Waals surface area contributed by atoms with Crippen molar-refractivity contribution < 1.29 is 18.3 Å². The Morgan fingerprint density at radius 3 is 2.44 bits per heavy atom. The zero-order valence-corrected chi connectivity index (χ0v) is 9.35. The molecule has 6 heteroatoms. The first kappa shape index (κ1) is 13.5. The van der Waals surface area contributed by atoms with E-state index in [1.807, 2.05) is 0 Å². The van der Waals surface area contributed by atoms with Crippen molar-refractivity contribution in [3.63, 3.8) is 0 Å². The predicted molar refractivity (Wildman–Crippen MR) is 58.8 cm³/mol. The number of nitrogens with zero attached hydrogens (tertiary/aromatic N) is 2. The molecule has 4 nitrogen and oxygen atoms in total. The summed E-state index contributed by atoms with van der Waals surface area (Å²) in [4.78, 5) is 0. The van der Waals surface area contributed by atoms with Gasteiger partial charge >= 0.3 is 6.61 Å². The molecule has 0 N–H and O–H groups in total. The number of halogens is 2. The first-order chi connectivity index (χ1) is 8.60. The maximum absolute atomic E-state index is 12.1. The molecule has 0 aliphatic carbocycles. The number of methoxy groups -OCH3 is 1. The minimum absolute atomic E-state index is 0.0966. The molecule has 0 aromatic heterocycles. The summed E-state index contributed by atoms with van der Waals surface area (Å²) < 4.78 is 33.3. The second-order valence-electron chi connectivity index (χ2n) is 3.07. The lowest BCUT2D eigenvalue weighted by Crippen LogP contribution is -2.03. The highest BCUT2D eigenvalue weighted by Crippen LogP contribution is 2.30. The third-order valence-electron chi connectivity index (χ3n) is 1.96. The molecule has 0 atom stereocenters. The van der Waals surface area contributed by atoms with Crippen LogP contribution in [-0.2, 0) is 0 Å². The monoisotopic (exact) mass is 250 g/mol. The van der Waals surface area contributed by atoms with Gasteiger partial charge in [-0.3, -0.25) is 0 Å². The van der Waals surface area contributed by atoms with E-state index in [1.165, 1.54) is 31.4 Å². The van der Waals surface area contributed by atoms with Gasteiger partial charge in [-0.1, -0.05) is 6.07 Å². The third-order valence-corrected chi connectivity index (χ3v) is 1.96. The van der Waals surface area contributed by atoms with Crippen molar-refractivity contribution in [2.75, 3.05) is 7.11 Å². The molecule has 18 heavy (non-hydrogen) atoms. The lowest BCUT2D eigenvalue weighted by atomic mass is 10.1. The van der Waals surface area contributed by atoms with E-state index in [1.54, 1.807) is 12.1 Å². The number of nitriles is 2. The molecule has 0 radical (unpaired) electrons. The molecule has 1 aromatic carbocycles. The van der Waals surface area contributed by atoms with Gasteiger partial charge in [-0.25, -0.2) is 0 Å². The summed E-state index contributed by atoms with van der Waals surface area (Å²) >= 11 is 0. The van der Waals surface area contributed by atoms with E-state index < -0.39 is 6.61 Å². The maximum atomic E-state index is 12.1. The van der Waals surface area contributed by atoms with Crippen molar-refractivity contribution in [1.29, 1.82) is 10.5 Å². The van der Waals surface area contributed by atoms with E-state index in [0.717, 1.165) is 0 Å². The molecule has 1 rings (SSSR count). The fourth-order valence-corrected chi connectivity index (χ4v) is 1.22. The van der Waals surface area contributed by atoms with Crippen LogP contribution in [0.5, 0.6) is 11.5 Å². The van der Waals surface area contributed by atoms with Gasteiger partial charge in [0.25, 0.3) is 0 Å². The second kappa shape index (κ2) is 6.21. The van der Waals surface area contributed by atoms with Gasteiger partial charge in [0.1, 0.15) is 17.7 Å². The van der Waals surface area contributed by atoms with Crippen LogP contribution >= 0.6 is 0 Å². The van der Waals surface area contributed by atoms with E-state index in [9.17, 15) is 8.78 Å². The van der Waals surface area contributed by atoms with Gasteiger partial charge in [0, 0.05) is 0 Å². The molecule has 0 unspecified atom stereocenters. The standard InChI is InChI=1S/C12H8F2N2O2/c1-17-11-5-8(4-9(6-15)7-16)2-3-10(11)18-12(13)14/h2-5,12H,1H3. The fraction of sp³-hybridized carbons (Fsp3) is 0.167. The van der Waals surface area contributed by atoms with Gasteiger partial charge < -0.3 is 9.47 Å². The van der Waals surface area contributed by atoms with Crippen LogP contribution in [0.15, 0.2) is 23.8 Å². The Morgan fingerprint density at radius 2 is 1.94 bits per heavy atom. The highest BCUT2D eigenvalue weighted by molar-refractivity contribution is 5.64. The summed E-state index contributed by atoms with van der Waals surface area (Å²) in [5.74, 6) is -0.0144. The molecule has 0 bridgehead atoms. The van der Waals surface area contributed by atoms with Gasteiger partial charge in [-0.05, 0) is 23.8 Å². The van der Waals surface area contributed by atoms with Gasteiger partial charge in [0.05, 0.1) is 7.11 Å². The lowest BCUT2D eigenvalue weighted by Gasteiger charge is -2.10. The number of hydrogen-bond acceptors (Lipinski definition) is 4. The van der Waals surface area contributed by atoms with E-state index >= 15 is 0 Å². The Balaban J connectivity index is 3.11. The lowest BCUT2D eigenvalue weighted by molar-refractivity contribution is -0.0512. The highest BCUT2D eigenvalue weighted by atomic mass is 19.3. The van der Waals surface area contributed by atoms with Gasteiger partial charge in [-0.15, -0.1) is 0 Å². The van der Waals surface area contributed by atoms with Gasteiger partial charge in [0.2, 0.25) is 0 Å². The van der Waals surface area contributed by atoms with Gasteiger partial charge in [-0.2, -0.15) is 19.3 Å². The molecule has 0 aliphatic rings. The average Bonchev–Trinajstić information content (AvgIpc) is 2.36. The highest BCUT2D eigenvalue weighted by Gasteiger charge is 2.10. The molecular weight excluding hydrogens is 242 g/mol. The SMILES string of the molecule is COc1cc(C=C(C#N)C#N)ccc1OC(F)F. The van der Waals surface area contributed by atoms with E-state index in [2.05, 4.69) is 4.74 Å². The van der Waals surface area contributed by atoms with Crippen molar-refractivity contribution >= 4 is 6.08 Å². The van der Waals surface area contributed by atoms with E-state index in [0.29, 0.717) is 5.56 Å². The Hall–Kier alpha value is -2.60. The van der Waals surface area contributed by atoms with Crippen LogP contribution in [0.4, 0.5) is 8.78 Å². The molecule has 0 fully saturated rings. The van der Waals surface area contributed by atoms with Crippen molar-refractivity contribution in [2.45, 2.75) is 6.61 Å². The van der Waals surface area contributed by atoms with Crippen LogP contribution in [0.25, 0.3) is 6.08 Å². The fourth-order valence-electron chi connectivity index (χ4n) is 1.22. The molecule has 0 aliphatic heterocycles. The maximum Gasteiger partial charge on any atom is 0.387 e. The van der Waals surface area contributed by atoms with Crippen molar-refractivity contribution in [3.8, 4) is 23.6 Å². The zero-order chi connectivity index (χ0) is 13.5. The number of benzene rings is 1. The Bertz CT molecular complexity index is 526. The molecule has 92 valence electrons. The van der Waals surface area contributed by atoms with Crippen molar-refractivity contribution in [3.05, 3.63) is 29.3 Å². The Labute approximate surface area is 102 Å². The van der Waals surface area contributed by atoms with Crippen LogP contribution in [-0.4, -0.2) is 13.7 Å². The molecule has 0 spiro atoms. The van der Waals surface area contributed by atoms with Crippen LogP contribution in [0.2, 0.25) is 0 Å². The summed E-state index contributed by atoms with van der Waals surface area (Å²) in [7, 11) is 1.30. The third kappa shape index (κ3) is 3.46. The quantitative estimate of drug-likeness (QED) is 0.770. The summed E-state index contributed by atoms with van der Waals surface area (Å²) in [5, 5.41) is 17.2. The number of hydrogen-bond donors (Lipinski definition) is 0. The van der Waals surface area contributed by atoms with E-state index in [-0.39, 0.29) is 17.1 Å². The molecule has 0 saturated carbocycles. The number of allylic oxidation sites excluding steroid dienone is 1. The minimum Gasteiger partial charge on any atom is -0.493 e. The van der Waals surface area contributed by atoms with Gasteiger partial charge in [0.15, 0.2) is 11.5 Å². The zero-order valence-electron chi connectivity index (χ0n) is 9.35. The minimum atomic E-state index is -2.95. The smallest absolute Gasteiger partial charge is 0.387 e. The Morgan fingerprint density at radius 1 is 1.28 bits per heavy atom. The molecule has 1 aromatic rings. The molecule has 0 saturated heterocycles. The topological polar surface area (TPSA) is 66.0 Å². The van der Waals surface area contributed by atoms with Crippen molar-refractivity contribution in [2.24, 2.45) is 0 Å². The predicted octanol–water partition coefficient (Wildman–Crippen LogP) is 2.73. The van der Waals surface area contributed by atoms with Crippen LogP contribution in [0, 0.1) is 22.7 Å². The molecule has 0 amide bonds. The van der Waals surface area contributed by atoms with Crippen LogP contribution in [0.3, 0.4) is 0 Å².